The predicted molar refractivity (Wildman–Crippen MR) is 51.2 cm³/mol. The number of aliphatic imine (C=N–C) groups is 1. The average molecular weight is 180 g/mol. The van der Waals surface area contributed by atoms with Gasteiger partial charge in [0.2, 0.25) is 0 Å². The minimum Gasteiger partial charge on any atom is -0.491 e. The SMILES string of the molecule is [B]C1=C2C=NC(N1)SCCCO2. The van der Waals surface area contributed by atoms with E-state index in [1.807, 2.05) is 0 Å². The first-order valence-corrected chi connectivity index (χ1v) is 4.95. The van der Waals surface area contributed by atoms with Crippen molar-refractivity contribution in [1.82, 2.24) is 5.32 Å². The fraction of sp³-hybridized carbons (Fsp3) is 0.571. The first kappa shape index (κ1) is 8.04. The number of hydrogen-bond acceptors (Lipinski definition) is 4. The lowest BCUT2D eigenvalue weighted by Crippen LogP contribution is -2.29. The summed E-state index contributed by atoms with van der Waals surface area (Å²) in [6.07, 6.45) is 2.75. The van der Waals surface area contributed by atoms with Gasteiger partial charge < -0.3 is 10.1 Å². The van der Waals surface area contributed by atoms with E-state index in [0.29, 0.717) is 11.4 Å². The van der Waals surface area contributed by atoms with Gasteiger partial charge in [-0.15, -0.1) is 11.8 Å². The number of rotatable bonds is 0. The third kappa shape index (κ3) is 1.60. The Kier molecular flexibility index (Phi) is 2.30. The van der Waals surface area contributed by atoms with Crippen LogP contribution in [0.25, 0.3) is 0 Å². The molecule has 1 atom stereocenters. The lowest BCUT2D eigenvalue weighted by Gasteiger charge is -2.20. The van der Waals surface area contributed by atoms with Crippen molar-refractivity contribution in [2.24, 2.45) is 4.99 Å². The molecule has 2 radical (unpaired) electrons. The molecule has 0 saturated heterocycles. The van der Waals surface area contributed by atoms with Gasteiger partial charge in [-0.05, 0) is 6.42 Å². The molecule has 0 aromatic rings. The van der Waals surface area contributed by atoms with Crippen LogP contribution in [0, 0.1) is 0 Å². The quantitative estimate of drug-likeness (QED) is 0.549. The van der Waals surface area contributed by atoms with E-state index in [0.717, 1.165) is 18.8 Å². The van der Waals surface area contributed by atoms with Crippen LogP contribution >= 0.6 is 11.8 Å². The molecule has 3 heterocycles. The van der Waals surface area contributed by atoms with E-state index < -0.39 is 0 Å². The molecule has 2 bridgehead atoms. The molecule has 0 saturated carbocycles. The van der Waals surface area contributed by atoms with E-state index in [1.165, 1.54) is 0 Å². The van der Waals surface area contributed by atoms with Crippen molar-refractivity contribution in [1.29, 1.82) is 0 Å². The van der Waals surface area contributed by atoms with E-state index in [1.54, 1.807) is 18.0 Å². The van der Waals surface area contributed by atoms with E-state index in [-0.39, 0.29) is 5.50 Å². The van der Waals surface area contributed by atoms with Crippen LogP contribution in [0.15, 0.2) is 16.3 Å². The molecule has 0 aliphatic carbocycles. The Hall–Kier alpha value is -0.575. The Morgan fingerprint density at radius 2 is 2.67 bits per heavy atom. The lowest BCUT2D eigenvalue weighted by atomic mass is 10.0. The average Bonchev–Trinajstić information content (AvgIpc) is 2.21. The van der Waals surface area contributed by atoms with Crippen LogP contribution in [0.4, 0.5) is 0 Å². The van der Waals surface area contributed by atoms with Crippen molar-refractivity contribution >= 4 is 25.8 Å². The molecule has 62 valence electrons. The molecule has 12 heavy (non-hydrogen) atoms. The molecule has 0 amide bonds. The summed E-state index contributed by atoms with van der Waals surface area (Å²) in [7, 11) is 5.70. The van der Waals surface area contributed by atoms with Crippen molar-refractivity contribution in [3.8, 4) is 0 Å². The first-order valence-electron chi connectivity index (χ1n) is 3.90. The van der Waals surface area contributed by atoms with Gasteiger partial charge in [0.1, 0.15) is 13.6 Å². The van der Waals surface area contributed by atoms with Gasteiger partial charge in [0, 0.05) is 11.3 Å². The molecule has 0 fully saturated rings. The fourth-order valence-electron chi connectivity index (χ4n) is 1.08. The molecule has 3 nitrogen and oxygen atoms in total. The normalized spacial score (nSPS) is 28.5. The molecular weight excluding hydrogens is 171 g/mol. The molecule has 3 aliphatic heterocycles. The Morgan fingerprint density at radius 1 is 1.75 bits per heavy atom. The second-order valence-electron chi connectivity index (χ2n) is 2.63. The van der Waals surface area contributed by atoms with Gasteiger partial charge in [-0.3, -0.25) is 4.99 Å². The van der Waals surface area contributed by atoms with Crippen molar-refractivity contribution in [3.63, 3.8) is 0 Å². The molecule has 3 rings (SSSR count). The number of nitrogens with one attached hydrogen (secondary N) is 1. The summed E-state index contributed by atoms with van der Waals surface area (Å²) in [5.74, 6) is 1.73. The van der Waals surface area contributed by atoms with Crippen molar-refractivity contribution in [2.45, 2.75) is 11.9 Å². The molecule has 1 N–H and O–H groups in total. The Bertz CT molecular complexity index is 242. The summed E-state index contributed by atoms with van der Waals surface area (Å²) >= 11 is 1.75. The highest BCUT2D eigenvalue weighted by Crippen LogP contribution is 2.19. The van der Waals surface area contributed by atoms with Gasteiger partial charge in [0.25, 0.3) is 0 Å². The van der Waals surface area contributed by atoms with Crippen LogP contribution in [0.5, 0.6) is 0 Å². The Labute approximate surface area is 77.1 Å². The van der Waals surface area contributed by atoms with Crippen LogP contribution in [0.1, 0.15) is 6.42 Å². The second kappa shape index (κ2) is 3.43. The number of thioether (sulfide) groups is 1. The van der Waals surface area contributed by atoms with E-state index in [2.05, 4.69) is 10.3 Å². The molecule has 5 heteroatoms. The van der Waals surface area contributed by atoms with Gasteiger partial charge in [0.05, 0.1) is 12.8 Å². The molecule has 3 aliphatic rings. The maximum atomic E-state index is 5.70. The van der Waals surface area contributed by atoms with E-state index >= 15 is 0 Å². The van der Waals surface area contributed by atoms with Crippen molar-refractivity contribution in [3.05, 3.63) is 11.4 Å². The van der Waals surface area contributed by atoms with Crippen LogP contribution in [0.2, 0.25) is 0 Å². The van der Waals surface area contributed by atoms with Crippen LogP contribution in [-0.2, 0) is 4.74 Å². The van der Waals surface area contributed by atoms with Gasteiger partial charge in [-0.25, -0.2) is 0 Å². The van der Waals surface area contributed by atoms with E-state index in [9.17, 15) is 0 Å². The lowest BCUT2D eigenvalue weighted by molar-refractivity contribution is 0.230. The van der Waals surface area contributed by atoms with Crippen LogP contribution in [-0.4, -0.2) is 31.9 Å². The Morgan fingerprint density at radius 3 is 3.50 bits per heavy atom. The number of allylic oxidation sites excluding steroid dienone is 1. The summed E-state index contributed by atoms with van der Waals surface area (Å²) < 4.78 is 5.39. The summed E-state index contributed by atoms with van der Waals surface area (Å²) in [5, 5.41) is 3.06. The van der Waals surface area contributed by atoms with Crippen molar-refractivity contribution in [2.75, 3.05) is 12.4 Å². The van der Waals surface area contributed by atoms with Gasteiger partial charge >= 0.3 is 0 Å². The molecule has 0 spiro atoms. The highest BCUT2D eigenvalue weighted by atomic mass is 32.2. The van der Waals surface area contributed by atoms with Crippen molar-refractivity contribution < 1.29 is 4.74 Å². The van der Waals surface area contributed by atoms with Crippen LogP contribution in [0.3, 0.4) is 0 Å². The predicted octanol–water partition coefficient (Wildman–Crippen LogP) is 0.435. The number of hydrogen-bond donors (Lipinski definition) is 1. The summed E-state index contributed by atoms with van der Waals surface area (Å²) in [6.45, 7) is 0.726. The largest absolute Gasteiger partial charge is 0.491 e. The first-order chi connectivity index (χ1) is 5.86. The maximum Gasteiger partial charge on any atom is 0.165 e. The number of nitrogens with zero attached hydrogens (tertiary/aromatic N) is 1. The zero-order chi connectivity index (χ0) is 8.39. The summed E-state index contributed by atoms with van der Waals surface area (Å²) in [5.41, 5.74) is 0.680. The zero-order valence-corrected chi connectivity index (χ0v) is 7.43. The third-order valence-electron chi connectivity index (χ3n) is 1.69. The van der Waals surface area contributed by atoms with Gasteiger partial charge in [-0.2, -0.15) is 0 Å². The van der Waals surface area contributed by atoms with Gasteiger partial charge in [0.15, 0.2) is 5.50 Å². The standard InChI is InChI=1S/C7H9BN2OS/c8-6-5-4-9-7(10-6)12-3-1-2-11-5/h4,7,10H,1-3H2. The smallest absolute Gasteiger partial charge is 0.165 e. The molecule has 0 aromatic carbocycles. The van der Waals surface area contributed by atoms with Crippen LogP contribution < -0.4 is 5.32 Å². The van der Waals surface area contributed by atoms with Gasteiger partial charge in [-0.1, -0.05) is 0 Å². The molecule has 1 unspecified atom stereocenters. The fourth-order valence-corrected chi connectivity index (χ4v) is 1.95. The zero-order valence-electron chi connectivity index (χ0n) is 6.62. The highest BCUT2D eigenvalue weighted by Gasteiger charge is 2.15. The third-order valence-corrected chi connectivity index (χ3v) is 2.77. The van der Waals surface area contributed by atoms with E-state index in [4.69, 9.17) is 12.6 Å². The monoisotopic (exact) mass is 180 g/mol. The summed E-state index contributed by atoms with van der Waals surface area (Å²) in [4.78, 5) is 4.23. The Balaban J connectivity index is 2.18. The second-order valence-corrected chi connectivity index (χ2v) is 3.81. The molecule has 0 aromatic heterocycles. The minimum absolute atomic E-state index is 0.0791. The summed E-state index contributed by atoms with van der Waals surface area (Å²) in [6, 6.07) is 0. The highest BCUT2D eigenvalue weighted by molar-refractivity contribution is 7.99. The topological polar surface area (TPSA) is 33.6 Å². The number of ether oxygens (including phenoxy) is 1. The maximum absolute atomic E-state index is 5.70. The number of fused-ring (bicyclic) bond motifs is 5. The minimum atomic E-state index is 0.0791. The molecular formula is C7H9BN2OS.